The van der Waals surface area contributed by atoms with Crippen LogP contribution in [0.4, 0.5) is 19.0 Å². The largest absolute Gasteiger partial charge is 0.462 e. The smallest absolute Gasteiger partial charge is 0.416 e. The average Bonchev–Trinajstić information content (AvgIpc) is 3.30. The molecule has 3 aromatic rings. The second-order valence-electron chi connectivity index (χ2n) is 7.89. The number of aromatic nitrogens is 2. The summed E-state index contributed by atoms with van der Waals surface area (Å²) in [5.41, 5.74) is 1.03. The molecule has 1 atom stereocenters. The normalized spacial score (nSPS) is 15.4. The minimum atomic E-state index is -4.43. The Kier molecular flexibility index (Phi) is 7.27. The third-order valence-electron chi connectivity index (χ3n) is 5.45. The number of carbonyl (C=O) groups is 1. The van der Waals surface area contributed by atoms with Crippen LogP contribution in [0.15, 0.2) is 59.2 Å². The lowest BCUT2D eigenvalue weighted by Crippen LogP contribution is -2.25. The zero-order valence-electron chi connectivity index (χ0n) is 18.4. The summed E-state index contributed by atoms with van der Waals surface area (Å²) in [7, 11) is 0. The molecule has 10 heteroatoms. The highest BCUT2D eigenvalue weighted by Crippen LogP contribution is 2.38. The Balaban J connectivity index is 1.59. The molecular weight excluding hydrogens is 515 g/mol. The van der Waals surface area contributed by atoms with Gasteiger partial charge in [-0.15, -0.1) is 0 Å². The Morgan fingerprint density at radius 2 is 1.88 bits per heavy atom. The predicted octanol–water partition coefficient (Wildman–Crippen LogP) is 5.62. The lowest BCUT2D eigenvalue weighted by Gasteiger charge is -2.20. The standard InChI is InChI=1S/C24H23BrF3N3O3/c1-2-34-23(32)20-21(25)29-31-19(15-33-14-16-7-4-3-5-8-16)13-30(22(20)31)12-17-9-6-10-18(11-17)24(26,27)28/h3-11,19H,2,12-15H2,1H3/t19-/m0/s1. The summed E-state index contributed by atoms with van der Waals surface area (Å²) < 4.78 is 52.7. The van der Waals surface area contributed by atoms with Gasteiger partial charge < -0.3 is 14.4 Å². The molecule has 2 aromatic carbocycles. The van der Waals surface area contributed by atoms with Gasteiger partial charge >= 0.3 is 12.1 Å². The van der Waals surface area contributed by atoms with Crippen molar-refractivity contribution in [1.82, 2.24) is 9.78 Å². The highest BCUT2D eigenvalue weighted by atomic mass is 79.9. The number of rotatable bonds is 8. The Morgan fingerprint density at radius 1 is 1.15 bits per heavy atom. The quantitative estimate of drug-likeness (QED) is 0.349. The fourth-order valence-electron chi connectivity index (χ4n) is 3.97. The Bertz CT molecular complexity index is 1150. The molecule has 0 fully saturated rings. The van der Waals surface area contributed by atoms with Crippen molar-refractivity contribution in [3.8, 4) is 0 Å². The molecule has 1 aromatic heterocycles. The molecule has 0 unspecified atom stereocenters. The number of hydrogen-bond donors (Lipinski definition) is 0. The first-order valence-electron chi connectivity index (χ1n) is 10.8. The van der Waals surface area contributed by atoms with E-state index >= 15 is 0 Å². The van der Waals surface area contributed by atoms with Crippen LogP contribution < -0.4 is 4.90 Å². The van der Waals surface area contributed by atoms with Crippen molar-refractivity contribution in [2.75, 3.05) is 24.7 Å². The maximum atomic E-state index is 13.2. The molecule has 1 aliphatic rings. The van der Waals surface area contributed by atoms with Gasteiger partial charge in [-0.1, -0.05) is 42.5 Å². The van der Waals surface area contributed by atoms with E-state index in [-0.39, 0.29) is 24.8 Å². The summed E-state index contributed by atoms with van der Waals surface area (Å²) in [5.74, 6) is -0.0495. The van der Waals surface area contributed by atoms with Crippen LogP contribution in [0.3, 0.4) is 0 Å². The summed E-state index contributed by atoms with van der Waals surface area (Å²) in [4.78, 5) is 14.5. The topological polar surface area (TPSA) is 56.6 Å². The van der Waals surface area contributed by atoms with Gasteiger partial charge in [-0.05, 0) is 46.1 Å². The Hall–Kier alpha value is -2.85. The van der Waals surface area contributed by atoms with Crippen LogP contribution in [0.5, 0.6) is 0 Å². The van der Waals surface area contributed by atoms with E-state index in [9.17, 15) is 18.0 Å². The van der Waals surface area contributed by atoms with Crippen LogP contribution in [0.1, 0.15) is 40.0 Å². The summed E-state index contributed by atoms with van der Waals surface area (Å²) in [6.07, 6.45) is -4.43. The molecule has 6 nitrogen and oxygen atoms in total. The van der Waals surface area contributed by atoms with Crippen LogP contribution in [0, 0.1) is 0 Å². The van der Waals surface area contributed by atoms with Gasteiger partial charge in [-0.3, -0.25) is 0 Å². The van der Waals surface area contributed by atoms with Crippen molar-refractivity contribution in [3.63, 3.8) is 0 Å². The molecule has 34 heavy (non-hydrogen) atoms. The van der Waals surface area contributed by atoms with Crippen molar-refractivity contribution >= 4 is 27.7 Å². The van der Waals surface area contributed by atoms with Gasteiger partial charge in [0.2, 0.25) is 0 Å². The molecule has 1 aliphatic heterocycles. The number of fused-ring (bicyclic) bond motifs is 1. The Labute approximate surface area is 203 Å². The van der Waals surface area contributed by atoms with Gasteiger partial charge in [-0.2, -0.15) is 18.3 Å². The summed E-state index contributed by atoms with van der Waals surface area (Å²) >= 11 is 3.35. The van der Waals surface area contributed by atoms with Crippen molar-refractivity contribution in [1.29, 1.82) is 0 Å². The van der Waals surface area contributed by atoms with Crippen LogP contribution in [-0.4, -0.2) is 35.5 Å². The number of benzene rings is 2. The van der Waals surface area contributed by atoms with E-state index in [4.69, 9.17) is 9.47 Å². The third-order valence-corrected chi connectivity index (χ3v) is 6.00. The van der Waals surface area contributed by atoms with E-state index in [1.807, 2.05) is 35.2 Å². The van der Waals surface area contributed by atoms with Gasteiger partial charge in [0.1, 0.15) is 16.0 Å². The number of esters is 1. The number of hydrogen-bond acceptors (Lipinski definition) is 5. The fraction of sp³-hybridized carbons (Fsp3) is 0.333. The van der Waals surface area contributed by atoms with E-state index < -0.39 is 17.7 Å². The molecule has 0 saturated heterocycles. The van der Waals surface area contributed by atoms with Crippen LogP contribution in [0.25, 0.3) is 0 Å². The first kappa shape index (κ1) is 24.3. The van der Waals surface area contributed by atoms with Gasteiger partial charge in [-0.25, -0.2) is 9.48 Å². The van der Waals surface area contributed by atoms with E-state index in [0.29, 0.717) is 35.7 Å². The van der Waals surface area contributed by atoms with Crippen LogP contribution >= 0.6 is 15.9 Å². The zero-order chi connectivity index (χ0) is 24.3. The first-order chi connectivity index (χ1) is 16.3. The zero-order valence-corrected chi connectivity index (χ0v) is 20.0. The molecule has 0 spiro atoms. The minimum Gasteiger partial charge on any atom is -0.462 e. The molecule has 0 aliphatic carbocycles. The molecule has 0 bridgehead atoms. The van der Waals surface area contributed by atoms with Crippen molar-refractivity contribution in [3.05, 3.63) is 81.5 Å². The highest BCUT2D eigenvalue weighted by molar-refractivity contribution is 9.10. The van der Waals surface area contributed by atoms with E-state index in [1.54, 1.807) is 17.7 Å². The van der Waals surface area contributed by atoms with Crippen molar-refractivity contribution in [2.45, 2.75) is 32.3 Å². The Morgan fingerprint density at radius 3 is 2.59 bits per heavy atom. The molecule has 0 amide bonds. The number of ether oxygens (including phenoxy) is 2. The highest BCUT2D eigenvalue weighted by Gasteiger charge is 2.37. The molecule has 2 heterocycles. The van der Waals surface area contributed by atoms with Gasteiger partial charge in [0.25, 0.3) is 0 Å². The van der Waals surface area contributed by atoms with Gasteiger partial charge in [0, 0.05) is 13.1 Å². The van der Waals surface area contributed by atoms with E-state index in [0.717, 1.165) is 17.7 Å². The first-order valence-corrected chi connectivity index (χ1v) is 11.5. The van der Waals surface area contributed by atoms with Crippen LogP contribution in [0.2, 0.25) is 0 Å². The van der Waals surface area contributed by atoms with Crippen molar-refractivity contribution < 1.29 is 27.4 Å². The average molecular weight is 538 g/mol. The molecule has 4 rings (SSSR count). The minimum absolute atomic E-state index is 0.170. The number of anilines is 1. The third kappa shape index (κ3) is 5.28. The molecular formula is C24H23BrF3N3O3. The number of nitrogens with zero attached hydrogens (tertiary/aromatic N) is 3. The maximum absolute atomic E-state index is 13.2. The molecule has 0 saturated carbocycles. The molecule has 0 N–H and O–H groups in total. The lowest BCUT2D eigenvalue weighted by molar-refractivity contribution is -0.137. The van der Waals surface area contributed by atoms with E-state index in [1.165, 1.54) is 6.07 Å². The number of carbonyl (C=O) groups excluding carboxylic acids is 1. The van der Waals surface area contributed by atoms with Crippen LogP contribution in [-0.2, 0) is 28.8 Å². The van der Waals surface area contributed by atoms with Gasteiger partial charge in [0.05, 0.1) is 31.4 Å². The van der Waals surface area contributed by atoms with Crippen molar-refractivity contribution in [2.24, 2.45) is 0 Å². The second-order valence-corrected chi connectivity index (χ2v) is 8.64. The maximum Gasteiger partial charge on any atom is 0.416 e. The lowest BCUT2D eigenvalue weighted by atomic mass is 10.1. The summed E-state index contributed by atoms with van der Waals surface area (Å²) in [5, 5.41) is 4.48. The molecule has 0 radical (unpaired) electrons. The SMILES string of the molecule is CCOC(=O)c1c(Br)nn2c1N(Cc1cccc(C(F)(F)F)c1)C[C@H]2COCc1ccccc1. The van der Waals surface area contributed by atoms with E-state index in [2.05, 4.69) is 21.0 Å². The number of alkyl halides is 3. The predicted molar refractivity (Wildman–Crippen MR) is 124 cm³/mol. The fourth-order valence-corrected chi connectivity index (χ4v) is 4.48. The molecule has 180 valence electrons. The van der Waals surface area contributed by atoms with Gasteiger partial charge in [0.15, 0.2) is 0 Å². The summed E-state index contributed by atoms with van der Waals surface area (Å²) in [6, 6.07) is 14.7. The summed E-state index contributed by atoms with van der Waals surface area (Å²) in [6.45, 7) is 3.21. The second kappa shape index (κ2) is 10.2. The number of halogens is 4. The monoisotopic (exact) mass is 537 g/mol.